The number of nitrogens with one attached hydrogen (secondary N) is 1. The molecule has 0 unspecified atom stereocenters. The van der Waals surface area contributed by atoms with Crippen molar-refractivity contribution in [2.45, 2.75) is 101 Å². The molecule has 0 bridgehead atoms. The zero-order valence-electron chi connectivity index (χ0n) is 42.1. The molecule has 7 heterocycles. The first-order valence-corrected chi connectivity index (χ1v) is 25.7. The highest BCUT2D eigenvalue weighted by molar-refractivity contribution is 5.91. The van der Waals surface area contributed by atoms with Crippen LogP contribution in [-0.4, -0.2) is 154 Å². The number of benzene rings is 2. The number of carbonyl (C=O) groups excluding carboxylic acids is 2. The van der Waals surface area contributed by atoms with Gasteiger partial charge in [0.15, 0.2) is 11.6 Å². The van der Waals surface area contributed by atoms with Crippen molar-refractivity contribution in [3.05, 3.63) is 95.9 Å². The molecular weight excluding hydrogens is 947 g/mol. The van der Waals surface area contributed by atoms with Gasteiger partial charge < -0.3 is 59.4 Å². The molecule has 4 aliphatic heterocycles. The summed E-state index contributed by atoms with van der Waals surface area (Å²) < 4.78 is 30.5. The number of amides is 2. The van der Waals surface area contributed by atoms with E-state index in [2.05, 4.69) is 46.4 Å². The maximum absolute atomic E-state index is 14.1. The third-order valence-corrected chi connectivity index (χ3v) is 15.2. The number of phenols is 1. The molecule has 4 saturated heterocycles. The van der Waals surface area contributed by atoms with Gasteiger partial charge >= 0.3 is 0 Å². The molecule has 0 radical (unpaired) electrons. The topological polar surface area (TPSA) is 251 Å². The second kappa shape index (κ2) is 21.8. The van der Waals surface area contributed by atoms with E-state index in [0.717, 1.165) is 62.3 Å². The Balaban J connectivity index is 0.648. The molecule has 1 spiro atoms. The average molecular weight is 1010 g/mol. The smallest absolute Gasteiger partial charge is 0.254 e. The van der Waals surface area contributed by atoms with Gasteiger partial charge in [-0.1, -0.05) is 38.1 Å². The molecule has 5 aromatic rings. The van der Waals surface area contributed by atoms with Crippen molar-refractivity contribution in [1.82, 2.24) is 35.5 Å². The quantitative estimate of drug-likeness (QED) is 0.0974. The Labute approximate surface area is 430 Å². The number of para-hydroxylation sites is 1. The number of rotatable bonds is 17. The van der Waals surface area contributed by atoms with Crippen LogP contribution in [0.5, 0.6) is 17.5 Å². The number of likely N-dealkylation sites (tertiary alicyclic amines) is 2. The van der Waals surface area contributed by atoms with Crippen molar-refractivity contribution < 1.29 is 43.3 Å². The van der Waals surface area contributed by atoms with Crippen molar-refractivity contribution in [2.24, 2.45) is 5.92 Å². The summed E-state index contributed by atoms with van der Waals surface area (Å²) in [5, 5.41) is 45.9. The minimum absolute atomic E-state index is 0.0247. The van der Waals surface area contributed by atoms with Crippen LogP contribution in [0.3, 0.4) is 0 Å². The fourth-order valence-electron chi connectivity index (χ4n) is 10.9. The van der Waals surface area contributed by atoms with Crippen LogP contribution < -0.4 is 30.3 Å². The molecule has 74 heavy (non-hydrogen) atoms. The van der Waals surface area contributed by atoms with Crippen molar-refractivity contribution in [3.63, 3.8) is 0 Å². The van der Waals surface area contributed by atoms with Crippen molar-refractivity contribution in [3.8, 4) is 34.8 Å². The van der Waals surface area contributed by atoms with E-state index in [1.807, 2.05) is 51.1 Å². The summed E-state index contributed by atoms with van der Waals surface area (Å²) in [5.74, 6) is 0.0830. The highest BCUT2D eigenvalue weighted by Crippen LogP contribution is 2.40. The van der Waals surface area contributed by atoms with Crippen LogP contribution in [0.25, 0.3) is 11.3 Å². The van der Waals surface area contributed by atoms with Crippen molar-refractivity contribution in [2.75, 3.05) is 81.2 Å². The third kappa shape index (κ3) is 10.9. The molecule has 10 rings (SSSR count). The summed E-state index contributed by atoms with van der Waals surface area (Å²) in [7, 11) is 0. The summed E-state index contributed by atoms with van der Waals surface area (Å²) in [6.45, 7) is 11.7. The first-order chi connectivity index (χ1) is 35.8. The minimum atomic E-state index is -0.857. The number of hydrogen-bond acceptors (Lipinski definition) is 18. The molecule has 20 nitrogen and oxygen atoms in total. The van der Waals surface area contributed by atoms with Gasteiger partial charge in [-0.15, -0.1) is 10.2 Å². The standard InChI is InChI=1S/C54H65N11O9/c1-33(2)50(53(69)64-29-38(66)23-45(64)52(68)58-34(3)36-10-8-35(28-55)9-11-36)47-27-49(61-74-47)71-21-20-62-16-13-39(14-17-62)72-40-24-41(25-40)73-48-22-37(12-15-57-48)65-19-18-63(30-54(65)31-70-32-54)44-26-43(59-60-51(44)56)42-6-4-5-7-46(42)67/h4-12,15,22,26-27,33-34,38-41,45,50,66-67H,13-14,16-21,23-25,29-32H2,1-3H3,(H2,56,60)(H,58,68)/t34-,38+,40?,41?,45-,50+/m0/s1. The zero-order valence-corrected chi connectivity index (χ0v) is 42.1. The van der Waals surface area contributed by atoms with E-state index >= 15 is 0 Å². The molecule has 2 aromatic carbocycles. The van der Waals surface area contributed by atoms with Gasteiger partial charge in [-0.25, -0.2) is 4.98 Å². The normalized spacial score (nSPS) is 22.7. The molecular formula is C54H65N11O9. The van der Waals surface area contributed by atoms with Gasteiger partial charge in [-0.2, -0.15) is 5.26 Å². The number of β-amino-alcohol motifs (C(OH)–C–C–N with tert-alkyl or cyclic N) is 1. The molecule has 5 N–H and O–H groups in total. The number of phenolic OH excluding ortho intramolecular Hbond substituents is 1. The molecule has 5 fully saturated rings. The number of piperazine rings is 1. The lowest BCUT2D eigenvalue weighted by molar-refractivity contribution is -0.141. The predicted molar refractivity (Wildman–Crippen MR) is 272 cm³/mol. The summed E-state index contributed by atoms with van der Waals surface area (Å²) >= 11 is 0. The SMILES string of the molecule is CC(C)[C@@H](C(=O)N1C[C@H](O)C[C@H]1C(=O)N[C@@H](C)c1ccc(C#N)cc1)c1cc(OCCN2CCC(OC3CC(Oc4cc(N5CCN(c6cc(-c7ccccc7O)nnc6N)CC56COC6)ccn4)C3)CC2)no1. The first-order valence-electron chi connectivity index (χ1n) is 25.7. The van der Waals surface area contributed by atoms with Crippen LogP contribution in [0.2, 0.25) is 0 Å². The highest BCUT2D eigenvalue weighted by Gasteiger charge is 2.49. The monoisotopic (exact) mass is 1010 g/mol. The van der Waals surface area contributed by atoms with Crippen LogP contribution in [-0.2, 0) is 19.1 Å². The van der Waals surface area contributed by atoms with Crippen molar-refractivity contribution in [1.29, 1.82) is 5.26 Å². The summed E-state index contributed by atoms with van der Waals surface area (Å²) in [6.07, 6.45) is 4.85. The number of nitriles is 1. The maximum atomic E-state index is 14.1. The Morgan fingerprint density at radius 1 is 0.946 bits per heavy atom. The molecule has 390 valence electrons. The van der Waals surface area contributed by atoms with E-state index < -0.39 is 18.1 Å². The summed E-state index contributed by atoms with van der Waals surface area (Å²) in [5.41, 5.74) is 10.4. The lowest BCUT2D eigenvalue weighted by Crippen LogP contribution is -2.72. The minimum Gasteiger partial charge on any atom is -0.507 e. The lowest BCUT2D eigenvalue weighted by Gasteiger charge is -2.56. The van der Waals surface area contributed by atoms with Crippen LogP contribution >= 0.6 is 0 Å². The molecule has 20 heteroatoms. The number of aromatic hydroxyl groups is 1. The second-order valence-electron chi connectivity index (χ2n) is 20.7. The van der Waals surface area contributed by atoms with Gasteiger partial charge in [0.1, 0.15) is 36.0 Å². The number of piperidine rings is 1. The first kappa shape index (κ1) is 50.5. The number of aliphatic hydroxyl groups excluding tert-OH is 1. The fraction of sp³-hybridized carbons (Fsp3) is 0.500. The number of ether oxygens (including phenoxy) is 4. The van der Waals surface area contributed by atoms with E-state index in [0.29, 0.717) is 73.7 Å². The average Bonchev–Trinajstić information content (AvgIpc) is 4.02. The summed E-state index contributed by atoms with van der Waals surface area (Å²) in [6, 6.07) is 22.5. The Bertz CT molecular complexity index is 2810. The number of anilines is 3. The van der Waals surface area contributed by atoms with Crippen molar-refractivity contribution >= 4 is 29.0 Å². The predicted octanol–water partition coefficient (Wildman–Crippen LogP) is 4.83. The fourth-order valence-corrected chi connectivity index (χ4v) is 10.9. The number of carbonyl (C=O) groups is 2. The Kier molecular flexibility index (Phi) is 14.9. The van der Waals surface area contributed by atoms with Crippen LogP contribution in [0.1, 0.15) is 81.7 Å². The lowest BCUT2D eigenvalue weighted by atomic mass is 9.90. The van der Waals surface area contributed by atoms with E-state index in [1.165, 1.54) is 4.90 Å². The second-order valence-corrected chi connectivity index (χ2v) is 20.7. The van der Waals surface area contributed by atoms with E-state index in [-0.39, 0.29) is 72.2 Å². The Hall–Kier alpha value is -7.05. The third-order valence-electron chi connectivity index (χ3n) is 15.2. The number of nitrogens with zero attached hydrogens (tertiary/aromatic N) is 9. The van der Waals surface area contributed by atoms with Crippen LogP contribution in [0.15, 0.2) is 83.5 Å². The van der Waals surface area contributed by atoms with E-state index in [4.69, 9.17) is 34.5 Å². The zero-order chi connectivity index (χ0) is 51.5. The molecule has 3 aromatic heterocycles. The van der Waals surface area contributed by atoms with Gasteiger partial charge in [0, 0.05) is 94.7 Å². The summed E-state index contributed by atoms with van der Waals surface area (Å²) in [4.78, 5) is 40.7. The van der Waals surface area contributed by atoms with Crippen LogP contribution in [0, 0.1) is 17.2 Å². The molecule has 5 aliphatic rings. The molecule has 1 saturated carbocycles. The molecule has 2 amide bonds. The van der Waals surface area contributed by atoms with Crippen LogP contribution in [0.4, 0.5) is 17.2 Å². The van der Waals surface area contributed by atoms with Gasteiger partial charge in [-0.05, 0) is 72.8 Å². The number of aliphatic hydroxyl groups is 1. The largest absolute Gasteiger partial charge is 0.507 e. The number of nitrogens with two attached hydrogens (primary N) is 1. The Morgan fingerprint density at radius 2 is 1.73 bits per heavy atom. The van der Waals surface area contributed by atoms with Gasteiger partial charge in [0.25, 0.3) is 5.88 Å². The van der Waals surface area contributed by atoms with E-state index in [9.17, 15) is 19.8 Å². The molecule has 1 aliphatic carbocycles. The highest BCUT2D eigenvalue weighted by atomic mass is 16.5. The Morgan fingerprint density at radius 3 is 2.46 bits per heavy atom. The molecule has 4 atom stereocenters. The van der Waals surface area contributed by atoms with Gasteiger partial charge in [-0.3, -0.25) is 14.5 Å². The number of nitrogen functional groups attached to an aromatic ring is 1. The number of aromatic nitrogens is 4. The number of pyridine rings is 1. The maximum Gasteiger partial charge on any atom is 0.254 e. The number of hydrogen-bond donors (Lipinski definition) is 4. The van der Waals surface area contributed by atoms with Gasteiger partial charge in [0.05, 0.1) is 60.6 Å². The van der Waals surface area contributed by atoms with E-state index in [1.54, 1.807) is 48.7 Å². The van der Waals surface area contributed by atoms with Gasteiger partial charge in [0.2, 0.25) is 17.7 Å².